The summed E-state index contributed by atoms with van der Waals surface area (Å²) in [4.78, 5) is 36.4. The highest BCUT2D eigenvalue weighted by molar-refractivity contribution is 5.93. The average Bonchev–Trinajstić information content (AvgIpc) is 2.66. The van der Waals surface area contributed by atoms with Gasteiger partial charge in [-0.05, 0) is 20.8 Å². The minimum absolute atomic E-state index is 0.142. The molecule has 0 atom stereocenters. The second-order valence-electron chi connectivity index (χ2n) is 7.64. The molecule has 3 rings (SSSR count). The molecular weight excluding hydrogens is 342 g/mol. The Kier molecular flexibility index (Phi) is 5.39. The van der Waals surface area contributed by atoms with Crippen LogP contribution in [0.2, 0.25) is 0 Å². The number of piperazine rings is 1. The van der Waals surface area contributed by atoms with Crippen LogP contribution in [-0.2, 0) is 4.79 Å². The summed E-state index contributed by atoms with van der Waals surface area (Å²) >= 11 is 0. The summed E-state index contributed by atoms with van der Waals surface area (Å²) < 4.78 is 0. The standard InChI is InChI=1S/C20H25N5O2/c1-20(2,3)23-17-13-16(19(27)25-11-9-24(14-26)10-12-25)21-18(22-17)15-7-5-4-6-8-15/h4-8,13-14H,9-12H2,1-3H3,(H,21,22,23). The molecule has 0 aliphatic carbocycles. The normalized spacial score (nSPS) is 14.8. The number of benzene rings is 1. The van der Waals surface area contributed by atoms with Gasteiger partial charge >= 0.3 is 0 Å². The number of hydrogen-bond donors (Lipinski definition) is 1. The smallest absolute Gasteiger partial charge is 0.272 e. The van der Waals surface area contributed by atoms with Gasteiger partial charge in [0.15, 0.2) is 5.82 Å². The van der Waals surface area contributed by atoms with Crippen molar-refractivity contribution in [2.45, 2.75) is 26.3 Å². The summed E-state index contributed by atoms with van der Waals surface area (Å²) in [6.45, 7) is 8.21. The summed E-state index contributed by atoms with van der Waals surface area (Å²) in [5, 5.41) is 3.33. The molecule has 0 saturated carbocycles. The van der Waals surface area contributed by atoms with Crippen LogP contribution in [-0.4, -0.2) is 63.8 Å². The molecule has 0 unspecified atom stereocenters. The van der Waals surface area contributed by atoms with E-state index in [0.29, 0.717) is 43.5 Å². The van der Waals surface area contributed by atoms with Crippen molar-refractivity contribution in [2.24, 2.45) is 0 Å². The SMILES string of the molecule is CC(C)(C)Nc1cc(C(=O)N2CCN(C=O)CC2)nc(-c2ccccc2)n1. The van der Waals surface area contributed by atoms with E-state index in [-0.39, 0.29) is 11.4 Å². The molecule has 1 aliphatic rings. The Balaban J connectivity index is 1.92. The fraction of sp³-hybridized carbons (Fsp3) is 0.400. The maximum Gasteiger partial charge on any atom is 0.272 e. The predicted molar refractivity (Wildman–Crippen MR) is 104 cm³/mol. The first kappa shape index (κ1) is 18.8. The van der Waals surface area contributed by atoms with Gasteiger partial charge in [0.25, 0.3) is 5.91 Å². The lowest BCUT2D eigenvalue weighted by molar-refractivity contribution is -0.119. The maximum atomic E-state index is 13.0. The van der Waals surface area contributed by atoms with Crippen molar-refractivity contribution in [3.63, 3.8) is 0 Å². The van der Waals surface area contributed by atoms with E-state index in [1.54, 1.807) is 15.9 Å². The number of amides is 2. The van der Waals surface area contributed by atoms with Crippen LogP contribution in [0.5, 0.6) is 0 Å². The Morgan fingerprint density at radius 2 is 1.74 bits per heavy atom. The third-order valence-electron chi connectivity index (χ3n) is 4.23. The van der Waals surface area contributed by atoms with Crippen LogP contribution in [0.4, 0.5) is 5.82 Å². The van der Waals surface area contributed by atoms with Gasteiger partial charge in [0.2, 0.25) is 6.41 Å². The summed E-state index contributed by atoms with van der Waals surface area (Å²) in [7, 11) is 0. The van der Waals surface area contributed by atoms with Crippen LogP contribution in [0.25, 0.3) is 11.4 Å². The zero-order valence-electron chi connectivity index (χ0n) is 16.0. The van der Waals surface area contributed by atoms with Crippen LogP contribution >= 0.6 is 0 Å². The number of carbonyl (C=O) groups excluding carboxylic acids is 2. The maximum absolute atomic E-state index is 13.0. The molecule has 0 spiro atoms. The van der Waals surface area contributed by atoms with Crippen molar-refractivity contribution in [1.82, 2.24) is 19.8 Å². The quantitative estimate of drug-likeness (QED) is 0.839. The topological polar surface area (TPSA) is 78.4 Å². The molecule has 142 valence electrons. The predicted octanol–water partition coefficient (Wildman–Crippen LogP) is 2.27. The van der Waals surface area contributed by atoms with E-state index >= 15 is 0 Å². The van der Waals surface area contributed by atoms with E-state index in [2.05, 4.69) is 15.3 Å². The van der Waals surface area contributed by atoms with E-state index in [1.807, 2.05) is 51.1 Å². The number of aromatic nitrogens is 2. The van der Waals surface area contributed by atoms with Gasteiger partial charge in [-0.3, -0.25) is 9.59 Å². The van der Waals surface area contributed by atoms with E-state index in [0.717, 1.165) is 12.0 Å². The number of hydrogen-bond acceptors (Lipinski definition) is 5. The molecule has 27 heavy (non-hydrogen) atoms. The van der Waals surface area contributed by atoms with Crippen LogP contribution in [0.3, 0.4) is 0 Å². The number of carbonyl (C=O) groups is 2. The highest BCUT2D eigenvalue weighted by atomic mass is 16.2. The molecule has 1 aromatic carbocycles. The van der Waals surface area contributed by atoms with E-state index in [1.165, 1.54) is 0 Å². The molecule has 7 nitrogen and oxygen atoms in total. The lowest BCUT2D eigenvalue weighted by Crippen LogP contribution is -2.48. The van der Waals surface area contributed by atoms with Gasteiger partial charge in [0.05, 0.1) is 0 Å². The van der Waals surface area contributed by atoms with Crippen LogP contribution in [0, 0.1) is 0 Å². The van der Waals surface area contributed by atoms with Crippen molar-refractivity contribution in [3.05, 3.63) is 42.1 Å². The van der Waals surface area contributed by atoms with Crippen molar-refractivity contribution in [1.29, 1.82) is 0 Å². The number of rotatable bonds is 4. The van der Waals surface area contributed by atoms with Crippen LogP contribution in [0.15, 0.2) is 36.4 Å². The number of nitrogens with one attached hydrogen (secondary N) is 1. The second kappa shape index (κ2) is 7.73. The monoisotopic (exact) mass is 367 g/mol. The Labute approximate surface area is 159 Å². The van der Waals surface area contributed by atoms with Crippen molar-refractivity contribution in [2.75, 3.05) is 31.5 Å². The zero-order valence-corrected chi connectivity index (χ0v) is 16.0. The van der Waals surface area contributed by atoms with Crippen LogP contribution < -0.4 is 5.32 Å². The molecule has 7 heteroatoms. The highest BCUT2D eigenvalue weighted by Crippen LogP contribution is 2.21. The molecule has 2 heterocycles. The molecule has 1 saturated heterocycles. The molecule has 1 aromatic heterocycles. The first-order valence-electron chi connectivity index (χ1n) is 9.07. The van der Waals surface area contributed by atoms with Crippen molar-refractivity contribution >= 4 is 18.1 Å². The fourth-order valence-corrected chi connectivity index (χ4v) is 2.91. The molecule has 2 amide bonds. The van der Waals surface area contributed by atoms with Gasteiger partial charge in [-0.1, -0.05) is 30.3 Å². The Morgan fingerprint density at radius 1 is 1.07 bits per heavy atom. The minimum atomic E-state index is -0.196. The van der Waals surface area contributed by atoms with Gasteiger partial charge < -0.3 is 15.1 Å². The van der Waals surface area contributed by atoms with Gasteiger partial charge in [-0.15, -0.1) is 0 Å². The molecule has 0 bridgehead atoms. The Hall–Kier alpha value is -2.96. The van der Waals surface area contributed by atoms with Gasteiger partial charge in [0, 0.05) is 43.3 Å². The third kappa shape index (κ3) is 4.81. The molecule has 1 N–H and O–H groups in total. The van der Waals surface area contributed by atoms with E-state index < -0.39 is 0 Å². The third-order valence-corrected chi connectivity index (χ3v) is 4.23. The first-order chi connectivity index (χ1) is 12.9. The molecular formula is C20H25N5O2. The Morgan fingerprint density at radius 3 is 2.33 bits per heavy atom. The summed E-state index contributed by atoms with van der Waals surface area (Å²) in [5.41, 5.74) is 1.02. The molecule has 2 aromatic rings. The minimum Gasteiger partial charge on any atom is -0.365 e. The van der Waals surface area contributed by atoms with Crippen molar-refractivity contribution < 1.29 is 9.59 Å². The van der Waals surface area contributed by atoms with E-state index in [4.69, 9.17) is 0 Å². The number of anilines is 1. The van der Waals surface area contributed by atoms with Crippen molar-refractivity contribution in [3.8, 4) is 11.4 Å². The van der Waals surface area contributed by atoms with Crippen LogP contribution in [0.1, 0.15) is 31.3 Å². The average molecular weight is 367 g/mol. The summed E-state index contributed by atoms with van der Waals surface area (Å²) in [5.74, 6) is 0.989. The summed E-state index contributed by atoms with van der Waals surface area (Å²) in [6, 6.07) is 11.3. The highest BCUT2D eigenvalue weighted by Gasteiger charge is 2.24. The second-order valence-corrected chi connectivity index (χ2v) is 7.64. The largest absolute Gasteiger partial charge is 0.365 e. The molecule has 0 radical (unpaired) electrons. The van der Waals surface area contributed by atoms with Gasteiger partial charge in [-0.25, -0.2) is 9.97 Å². The molecule has 1 fully saturated rings. The van der Waals surface area contributed by atoms with Gasteiger partial charge in [0.1, 0.15) is 11.5 Å². The molecule has 1 aliphatic heterocycles. The fourth-order valence-electron chi connectivity index (χ4n) is 2.91. The van der Waals surface area contributed by atoms with E-state index in [9.17, 15) is 9.59 Å². The lowest BCUT2D eigenvalue weighted by atomic mass is 10.1. The zero-order chi connectivity index (χ0) is 19.4. The number of nitrogens with zero attached hydrogens (tertiary/aromatic N) is 4. The lowest BCUT2D eigenvalue weighted by Gasteiger charge is -2.32. The van der Waals surface area contributed by atoms with Gasteiger partial charge in [-0.2, -0.15) is 0 Å². The Bertz CT molecular complexity index is 809. The summed E-state index contributed by atoms with van der Waals surface area (Å²) in [6.07, 6.45) is 0.825. The first-order valence-corrected chi connectivity index (χ1v) is 9.07.